The number of ether oxygens (including phenoxy) is 1. The normalized spacial score (nSPS) is 19.6. The fourth-order valence-electron chi connectivity index (χ4n) is 3.38. The van der Waals surface area contributed by atoms with Crippen LogP contribution in [-0.4, -0.2) is 57.4 Å². The van der Waals surface area contributed by atoms with Gasteiger partial charge >= 0.3 is 0 Å². The van der Waals surface area contributed by atoms with Gasteiger partial charge in [0.15, 0.2) is 0 Å². The Kier molecular flexibility index (Phi) is 7.13. The van der Waals surface area contributed by atoms with Gasteiger partial charge in [-0.3, -0.25) is 9.59 Å². The molecule has 0 aromatic heterocycles. The van der Waals surface area contributed by atoms with Crippen molar-refractivity contribution >= 4 is 21.8 Å². The number of nitrogens with zero attached hydrogens (tertiary/aromatic N) is 1. The predicted octanol–water partition coefficient (Wildman–Crippen LogP) is 1.27. The first-order chi connectivity index (χ1) is 13.9. The number of hydrogen-bond donors (Lipinski definition) is 2. The number of piperidine rings is 1. The number of rotatable bonds is 9. The molecule has 160 valence electrons. The van der Waals surface area contributed by atoms with E-state index in [0.29, 0.717) is 31.5 Å². The van der Waals surface area contributed by atoms with E-state index in [1.165, 1.54) is 12.1 Å². The molecule has 2 fully saturated rings. The van der Waals surface area contributed by atoms with Crippen LogP contribution in [-0.2, 0) is 19.6 Å². The highest BCUT2D eigenvalue weighted by atomic mass is 32.2. The lowest BCUT2D eigenvalue weighted by Gasteiger charge is -2.32. The average molecular weight is 424 g/mol. The van der Waals surface area contributed by atoms with Gasteiger partial charge in [0.05, 0.1) is 17.4 Å². The molecule has 1 aromatic rings. The average Bonchev–Trinajstić information content (AvgIpc) is 3.52. The molecule has 3 rings (SSSR count). The van der Waals surface area contributed by atoms with Crippen molar-refractivity contribution < 1.29 is 22.7 Å². The van der Waals surface area contributed by atoms with E-state index in [-0.39, 0.29) is 35.6 Å². The Balaban J connectivity index is 1.46. The summed E-state index contributed by atoms with van der Waals surface area (Å²) in [5, 5.41) is 3.00. The summed E-state index contributed by atoms with van der Waals surface area (Å²) in [4.78, 5) is 26.5. The highest BCUT2D eigenvalue weighted by molar-refractivity contribution is 7.89. The summed E-state index contributed by atoms with van der Waals surface area (Å²) in [5.41, 5.74) is 0. The third-order valence-corrected chi connectivity index (χ3v) is 6.62. The van der Waals surface area contributed by atoms with Crippen LogP contribution >= 0.6 is 0 Å². The molecule has 1 aliphatic carbocycles. The first-order valence-corrected chi connectivity index (χ1v) is 11.7. The topological polar surface area (TPSA) is 105 Å². The van der Waals surface area contributed by atoms with Gasteiger partial charge in [0, 0.05) is 32.1 Å². The lowest BCUT2D eigenvalue weighted by molar-refractivity contribution is -0.135. The summed E-state index contributed by atoms with van der Waals surface area (Å²) in [6.45, 7) is 3.39. The van der Waals surface area contributed by atoms with Crippen LogP contribution < -0.4 is 14.8 Å². The van der Waals surface area contributed by atoms with Gasteiger partial charge in [0.1, 0.15) is 5.75 Å². The molecule has 1 unspecified atom stereocenters. The maximum Gasteiger partial charge on any atom is 0.240 e. The number of likely N-dealkylation sites (tertiary alicyclic amines) is 1. The molecular weight excluding hydrogens is 394 g/mol. The fraction of sp³-hybridized carbons (Fsp3) is 0.600. The molecule has 1 saturated carbocycles. The van der Waals surface area contributed by atoms with Crippen LogP contribution in [0.4, 0.5) is 0 Å². The molecule has 2 amide bonds. The van der Waals surface area contributed by atoms with E-state index in [0.717, 1.165) is 25.7 Å². The molecule has 1 saturated heterocycles. The minimum atomic E-state index is -3.69. The quantitative estimate of drug-likeness (QED) is 0.622. The molecule has 8 nitrogen and oxygen atoms in total. The lowest BCUT2D eigenvalue weighted by atomic mass is 9.97. The summed E-state index contributed by atoms with van der Waals surface area (Å²) in [5.74, 6) is 0.324. The Bertz CT molecular complexity index is 821. The zero-order valence-electron chi connectivity index (χ0n) is 16.7. The third-order valence-electron chi connectivity index (χ3n) is 5.14. The van der Waals surface area contributed by atoms with Crippen LogP contribution in [0.3, 0.4) is 0 Å². The van der Waals surface area contributed by atoms with Gasteiger partial charge in [0.25, 0.3) is 0 Å². The van der Waals surface area contributed by atoms with Gasteiger partial charge in [-0.05, 0) is 56.9 Å². The van der Waals surface area contributed by atoms with Gasteiger partial charge in [-0.2, -0.15) is 0 Å². The molecule has 0 radical (unpaired) electrons. The van der Waals surface area contributed by atoms with Crippen LogP contribution in [0.15, 0.2) is 29.2 Å². The number of benzene rings is 1. The second kappa shape index (κ2) is 9.58. The van der Waals surface area contributed by atoms with Crippen molar-refractivity contribution in [2.24, 2.45) is 5.92 Å². The summed E-state index contributed by atoms with van der Waals surface area (Å²) >= 11 is 0. The van der Waals surface area contributed by atoms with E-state index in [2.05, 4.69) is 10.0 Å². The van der Waals surface area contributed by atoms with E-state index >= 15 is 0 Å². The summed E-state index contributed by atoms with van der Waals surface area (Å²) < 4.78 is 32.5. The van der Waals surface area contributed by atoms with Crippen LogP contribution in [0.1, 0.15) is 39.0 Å². The molecule has 1 aliphatic heterocycles. The van der Waals surface area contributed by atoms with Crippen molar-refractivity contribution in [3.05, 3.63) is 24.3 Å². The molecule has 29 heavy (non-hydrogen) atoms. The van der Waals surface area contributed by atoms with Crippen molar-refractivity contribution in [2.75, 3.05) is 26.2 Å². The fourth-order valence-corrected chi connectivity index (χ4v) is 4.41. The van der Waals surface area contributed by atoms with Crippen molar-refractivity contribution in [3.8, 4) is 5.75 Å². The number of carbonyl (C=O) groups is 2. The SMILES string of the molecule is CCOc1ccc(S(=O)(=O)NCCC(=O)N2CCCC(C(=O)NC3CC3)C2)cc1. The number of hydrogen-bond acceptors (Lipinski definition) is 5. The Morgan fingerprint density at radius 3 is 2.55 bits per heavy atom. The minimum Gasteiger partial charge on any atom is -0.494 e. The molecule has 0 spiro atoms. The number of nitrogens with one attached hydrogen (secondary N) is 2. The van der Waals surface area contributed by atoms with E-state index in [9.17, 15) is 18.0 Å². The van der Waals surface area contributed by atoms with Crippen LogP contribution in [0, 0.1) is 5.92 Å². The molecular formula is C20H29N3O5S. The first kappa shape index (κ1) is 21.6. The number of sulfonamides is 1. The molecule has 2 aliphatic rings. The van der Waals surface area contributed by atoms with Crippen molar-refractivity contribution in [2.45, 2.75) is 50.0 Å². The molecule has 2 N–H and O–H groups in total. The lowest BCUT2D eigenvalue weighted by Crippen LogP contribution is -2.46. The third kappa shape index (κ3) is 6.17. The summed E-state index contributed by atoms with van der Waals surface area (Å²) in [7, 11) is -3.69. The predicted molar refractivity (Wildman–Crippen MR) is 108 cm³/mol. The second-order valence-corrected chi connectivity index (χ2v) is 9.28. The van der Waals surface area contributed by atoms with Gasteiger partial charge < -0.3 is 15.0 Å². The molecule has 9 heteroatoms. The van der Waals surface area contributed by atoms with Crippen molar-refractivity contribution in [3.63, 3.8) is 0 Å². The van der Waals surface area contributed by atoms with Crippen LogP contribution in [0.2, 0.25) is 0 Å². The standard InChI is InChI=1S/C20H29N3O5S/c1-2-28-17-7-9-18(10-8-17)29(26,27)21-12-11-19(24)23-13-3-4-15(14-23)20(25)22-16-5-6-16/h7-10,15-16,21H,2-6,11-14H2,1H3,(H,22,25). The van der Waals surface area contributed by atoms with Gasteiger partial charge in [-0.1, -0.05) is 0 Å². The Morgan fingerprint density at radius 1 is 1.17 bits per heavy atom. The molecule has 0 bridgehead atoms. The van der Waals surface area contributed by atoms with Crippen molar-refractivity contribution in [1.82, 2.24) is 14.9 Å². The second-order valence-electron chi connectivity index (χ2n) is 7.51. The Hall–Kier alpha value is -2.13. The summed E-state index contributed by atoms with van der Waals surface area (Å²) in [6, 6.07) is 6.46. The van der Waals surface area contributed by atoms with Crippen LogP contribution in [0.25, 0.3) is 0 Å². The maximum atomic E-state index is 12.5. The summed E-state index contributed by atoms with van der Waals surface area (Å²) in [6.07, 6.45) is 3.71. The van der Waals surface area contributed by atoms with Crippen LogP contribution in [0.5, 0.6) is 5.75 Å². The smallest absolute Gasteiger partial charge is 0.240 e. The van der Waals surface area contributed by atoms with E-state index in [1.807, 2.05) is 6.92 Å². The highest BCUT2D eigenvalue weighted by Gasteiger charge is 2.31. The Morgan fingerprint density at radius 2 is 1.90 bits per heavy atom. The van der Waals surface area contributed by atoms with Gasteiger partial charge in [-0.15, -0.1) is 0 Å². The number of carbonyl (C=O) groups excluding carboxylic acids is 2. The Labute approximate surface area is 172 Å². The van der Waals surface area contributed by atoms with Crippen molar-refractivity contribution in [1.29, 1.82) is 0 Å². The van der Waals surface area contributed by atoms with E-state index in [4.69, 9.17) is 4.74 Å². The van der Waals surface area contributed by atoms with Gasteiger partial charge in [0.2, 0.25) is 21.8 Å². The monoisotopic (exact) mass is 423 g/mol. The zero-order valence-corrected chi connectivity index (χ0v) is 17.5. The molecule has 1 heterocycles. The largest absolute Gasteiger partial charge is 0.494 e. The van der Waals surface area contributed by atoms with E-state index in [1.54, 1.807) is 17.0 Å². The number of amides is 2. The first-order valence-electron chi connectivity index (χ1n) is 10.2. The van der Waals surface area contributed by atoms with E-state index < -0.39 is 10.0 Å². The zero-order chi connectivity index (χ0) is 20.9. The molecule has 1 aromatic carbocycles. The molecule has 1 atom stereocenters. The maximum absolute atomic E-state index is 12.5. The minimum absolute atomic E-state index is 0.0177. The van der Waals surface area contributed by atoms with Gasteiger partial charge in [-0.25, -0.2) is 13.1 Å². The highest BCUT2D eigenvalue weighted by Crippen LogP contribution is 2.22.